The number of carbonyl (C=O) groups excluding carboxylic acids is 1. The minimum atomic E-state index is -0.555. The summed E-state index contributed by atoms with van der Waals surface area (Å²) in [5.74, 6) is -0.998. The molecular weight excluding hydrogens is 255 g/mol. The van der Waals surface area contributed by atoms with Crippen LogP contribution >= 0.6 is 11.6 Å². The van der Waals surface area contributed by atoms with Crippen molar-refractivity contribution < 1.29 is 9.18 Å². The molecule has 2 aromatic rings. The summed E-state index contributed by atoms with van der Waals surface area (Å²) in [6, 6.07) is 10.4. The Labute approximate surface area is 108 Å². The first-order valence-corrected chi connectivity index (χ1v) is 5.55. The van der Waals surface area contributed by atoms with Crippen LogP contribution < -0.4 is 11.1 Å². The fourth-order valence-electron chi connectivity index (χ4n) is 1.50. The zero-order chi connectivity index (χ0) is 13.1. The maximum atomic E-state index is 13.1. The average Bonchev–Trinajstić information content (AvgIpc) is 2.27. The van der Waals surface area contributed by atoms with E-state index in [0.717, 1.165) is 12.1 Å². The lowest BCUT2D eigenvalue weighted by Gasteiger charge is -2.06. The summed E-state index contributed by atoms with van der Waals surface area (Å²) in [6.45, 7) is 0. The number of carbonyl (C=O) groups is 1. The molecule has 92 valence electrons. The van der Waals surface area contributed by atoms with E-state index in [4.69, 9.17) is 17.3 Å². The van der Waals surface area contributed by atoms with E-state index in [1.807, 2.05) is 0 Å². The largest absolute Gasteiger partial charge is 0.399 e. The second-order valence-corrected chi connectivity index (χ2v) is 4.17. The first kappa shape index (κ1) is 12.4. The van der Waals surface area contributed by atoms with Crippen molar-refractivity contribution in [1.29, 1.82) is 0 Å². The highest BCUT2D eigenvalue weighted by Crippen LogP contribution is 2.17. The van der Waals surface area contributed by atoms with Crippen molar-refractivity contribution in [3.05, 3.63) is 58.9 Å². The van der Waals surface area contributed by atoms with Gasteiger partial charge in [-0.25, -0.2) is 4.39 Å². The van der Waals surface area contributed by atoms with Crippen LogP contribution in [0.5, 0.6) is 0 Å². The SMILES string of the molecule is Nc1cccc(NC(=O)c2cc(F)cc(Cl)c2)c1. The molecule has 0 bridgehead atoms. The normalized spacial score (nSPS) is 10.1. The summed E-state index contributed by atoms with van der Waals surface area (Å²) in [5.41, 5.74) is 6.82. The standard InChI is InChI=1S/C13H10ClFN2O/c14-9-4-8(5-10(15)6-9)13(18)17-12-3-1-2-11(16)7-12/h1-7H,16H2,(H,17,18). The van der Waals surface area contributed by atoms with E-state index in [-0.39, 0.29) is 10.6 Å². The van der Waals surface area contributed by atoms with E-state index in [1.165, 1.54) is 6.07 Å². The van der Waals surface area contributed by atoms with E-state index >= 15 is 0 Å². The first-order valence-electron chi connectivity index (χ1n) is 5.17. The van der Waals surface area contributed by atoms with Gasteiger partial charge in [0.2, 0.25) is 0 Å². The Bertz CT molecular complexity index is 581. The van der Waals surface area contributed by atoms with Crippen LogP contribution in [0, 0.1) is 5.82 Å². The molecule has 1 amide bonds. The highest BCUT2D eigenvalue weighted by Gasteiger charge is 2.08. The summed E-state index contributed by atoms with van der Waals surface area (Å²) < 4.78 is 13.1. The molecule has 0 spiro atoms. The third-order valence-corrected chi connectivity index (χ3v) is 2.49. The van der Waals surface area contributed by atoms with Gasteiger partial charge in [0.1, 0.15) is 5.82 Å². The van der Waals surface area contributed by atoms with Gasteiger partial charge in [-0.15, -0.1) is 0 Å². The Morgan fingerprint density at radius 2 is 2.00 bits per heavy atom. The van der Waals surface area contributed by atoms with Gasteiger partial charge in [-0.05, 0) is 36.4 Å². The van der Waals surface area contributed by atoms with Crippen LogP contribution in [-0.4, -0.2) is 5.91 Å². The maximum Gasteiger partial charge on any atom is 0.255 e. The molecule has 0 aromatic heterocycles. The highest BCUT2D eigenvalue weighted by atomic mass is 35.5. The summed E-state index contributed by atoms with van der Waals surface area (Å²) in [5, 5.41) is 2.78. The molecule has 0 fully saturated rings. The van der Waals surface area contributed by atoms with Crippen LogP contribution in [0.25, 0.3) is 0 Å². The molecule has 18 heavy (non-hydrogen) atoms. The van der Waals surface area contributed by atoms with Crippen LogP contribution in [0.4, 0.5) is 15.8 Å². The minimum absolute atomic E-state index is 0.155. The number of anilines is 2. The summed E-state index contributed by atoms with van der Waals surface area (Å²) >= 11 is 5.68. The van der Waals surface area contributed by atoms with Crippen LogP contribution in [0.1, 0.15) is 10.4 Å². The van der Waals surface area contributed by atoms with E-state index < -0.39 is 11.7 Å². The number of halogens is 2. The van der Waals surface area contributed by atoms with Crippen molar-refractivity contribution in [3.63, 3.8) is 0 Å². The molecule has 0 atom stereocenters. The van der Waals surface area contributed by atoms with Gasteiger partial charge in [-0.1, -0.05) is 17.7 Å². The fraction of sp³-hybridized carbons (Fsp3) is 0. The Kier molecular flexibility index (Phi) is 3.48. The smallest absolute Gasteiger partial charge is 0.255 e. The van der Waals surface area contributed by atoms with Crippen molar-refractivity contribution in [2.24, 2.45) is 0 Å². The number of amides is 1. The van der Waals surface area contributed by atoms with Crippen molar-refractivity contribution in [3.8, 4) is 0 Å². The van der Waals surface area contributed by atoms with Gasteiger partial charge in [-0.3, -0.25) is 4.79 Å². The number of hydrogen-bond acceptors (Lipinski definition) is 2. The molecule has 5 heteroatoms. The molecule has 0 unspecified atom stereocenters. The van der Waals surface area contributed by atoms with Crippen LogP contribution in [0.3, 0.4) is 0 Å². The summed E-state index contributed by atoms with van der Waals surface area (Å²) in [4.78, 5) is 11.9. The van der Waals surface area contributed by atoms with E-state index in [0.29, 0.717) is 11.4 Å². The van der Waals surface area contributed by atoms with Crippen LogP contribution in [-0.2, 0) is 0 Å². The molecule has 0 saturated carbocycles. The molecule has 0 heterocycles. The summed E-state index contributed by atoms with van der Waals surface area (Å²) in [6.07, 6.45) is 0. The number of rotatable bonds is 2. The van der Waals surface area contributed by atoms with Crippen molar-refractivity contribution in [1.82, 2.24) is 0 Å². The Balaban J connectivity index is 2.22. The molecule has 0 radical (unpaired) electrons. The Morgan fingerprint density at radius 3 is 2.67 bits per heavy atom. The van der Waals surface area contributed by atoms with Gasteiger partial charge in [0, 0.05) is 22.0 Å². The number of hydrogen-bond donors (Lipinski definition) is 2. The predicted octanol–water partition coefficient (Wildman–Crippen LogP) is 3.31. The molecule has 3 nitrogen and oxygen atoms in total. The van der Waals surface area contributed by atoms with Crippen LogP contribution in [0.15, 0.2) is 42.5 Å². The Morgan fingerprint density at radius 1 is 1.22 bits per heavy atom. The minimum Gasteiger partial charge on any atom is -0.399 e. The van der Waals surface area contributed by atoms with E-state index in [1.54, 1.807) is 24.3 Å². The lowest BCUT2D eigenvalue weighted by molar-refractivity contribution is 0.102. The number of nitrogens with one attached hydrogen (secondary N) is 1. The van der Waals surface area contributed by atoms with E-state index in [2.05, 4.69) is 5.32 Å². The lowest BCUT2D eigenvalue weighted by atomic mass is 10.2. The van der Waals surface area contributed by atoms with Gasteiger partial charge in [0.05, 0.1) is 0 Å². The van der Waals surface area contributed by atoms with Crippen molar-refractivity contribution in [2.75, 3.05) is 11.1 Å². The topological polar surface area (TPSA) is 55.1 Å². The quantitative estimate of drug-likeness (QED) is 0.818. The zero-order valence-electron chi connectivity index (χ0n) is 9.28. The van der Waals surface area contributed by atoms with Gasteiger partial charge >= 0.3 is 0 Å². The second kappa shape index (κ2) is 5.06. The highest BCUT2D eigenvalue weighted by molar-refractivity contribution is 6.31. The molecular formula is C13H10ClFN2O. The molecule has 0 aliphatic rings. The lowest BCUT2D eigenvalue weighted by Crippen LogP contribution is -2.12. The monoisotopic (exact) mass is 264 g/mol. The molecule has 0 aliphatic carbocycles. The number of benzene rings is 2. The summed E-state index contributed by atoms with van der Waals surface area (Å²) in [7, 11) is 0. The third kappa shape index (κ3) is 2.99. The molecule has 0 aliphatic heterocycles. The average molecular weight is 265 g/mol. The Hall–Kier alpha value is -2.07. The fourth-order valence-corrected chi connectivity index (χ4v) is 1.73. The molecule has 2 rings (SSSR count). The number of nitrogens with two attached hydrogens (primary N) is 1. The molecule has 0 saturated heterocycles. The van der Waals surface area contributed by atoms with Gasteiger partial charge < -0.3 is 11.1 Å². The van der Waals surface area contributed by atoms with Gasteiger partial charge in [0.15, 0.2) is 0 Å². The van der Waals surface area contributed by atoms with Crippen molar-refractivity contribution in [2.45, 2.75) is 0 Å². The van der Waals surface area contributed by atoms with Gasteiger partial charge in [0.25, 0.3) is 5.91 Å². The zero-order valence-corrected chi connectivity index (χ0v) is 10.0. The van der Waals surface area contributed by atoms with Gasteiger partial charge in [-0.2, -0.15) is 0 Å². The van der Waals surface area contributed by atoms with Crippen LogP contribution in [0.2, 0.25) is 5.02 Å². The second-order valence-electron chi connectivity index (χ2n) is 3.74. The number of nitrogen functional groups attached to an aromatic ring is 1. The third-order valence-electron chi connectivity index (χ3n) is 2.27. The molecule has 2 aromatic carbocycles. The predicted molar refractivity (Wildman–Crippen MR) is 70.2 cm³/mol. The maximum absolute atomic E-state index is 13.1. The first-order chi connectivity index (χ1) is 8.54. The van der Waals surface area contributed by atoms with E-state index in [9.17, 15) is 9.18 Å². The van der Waals surface area contributed by atoms with Crippen molar-refractivity contribution >= 4 is 28.9 Å². The molecule has 3 N–H and O–H groups in total.